The van der Waals surface area contributed by atoms with Crippen LogP contribution in [0.1, 0.15) is 37.8 Å². The molecule has 1 saturated carbocycles. The van der Waals surface area contributed by atoms with Crippen molar-refractivity contribution >= 4 is 0 Å². The summed E-state index contributed by atoms with van der Waals surface area (Å²) in [5.41, 5.74) is 0.869. The van der Waals surface area contributed by atoms with E-state index in [0.29, 0.717) is 0 Å². The van der Waals surface area contributed by atoms with Crippen molar-refractivity contribution in [2.45, 2.75) is 44.6 Å². The second kappa shape index (κ2) is 6.35. The van der Waals surface area contributed by atoms with Gasteiger partial charge in [0.2, 0.25) is 0 Å². The van der Waals surface area contributed by atoms with Crippen molar-refractivity contribution in [1.29, 1.82) is 5.26 Å². The normalized spacial score (nSPS) is 23.6. The van der Waals surface area contributed by atoms with Crippen LogP contribution in [-0.4, -0.2) is 12.4 Å². The molecule has 2 rings (SSSR count). The molecule has 6 heteroatoms. The average Bonchev–Trinajstić information content (AvgIpc) is 2.85. The fourth-order valence-electron chi connectivity index (χ4n) is 2.69. The van der Waals surface area contributed by atoms with Crippen molar-refractivity contribution in [3.05, 3.63) is 29.8 Å². The highest BCUT2D eigenvalue weighted by Crippen LogP contribution is 2.28. The standard InChI is InChI=1S/C15H17F3N2O/c1-10(20-14-4-2-3-12(14)9-19)11-5-7-13(8-6-11)21-15(16,17)18/h5-8,10,12,14,20H,2-4H2,1H3. The van der Waals surface area contributed by atoms with Crippen LogP contribution in [0.5, 0.6) is 5.75 Å². The molecule has 21 heavy (non-hydrogen) atoms. The minimum Gasteiger partial charge on any atom is -0.406 e. The van der Waals surface area contributed by atoms with Gasteiger partial charge in [-0.2, -0.15) is 5.26 Å². The molecular formula is C15H17F3N2O. The van der Waals surface area contributed by atoms with Crippen LogP contribution in [-0.2, 0) is 0 Å². The lowest BCUT2D eigenvalue weighted by Gasteiger charge is -2.22. The Morgan fingerprint density at radius 1 is 1.29 bits per heavy atom. The molecule has 1 N–H and O–H groups in total. The van der Waals surface area contributed by atoms with Crippen LogP contribution in [0.2, 0.25) is 0 Å². The molecule has 0 bridgehead atoms. The summed E-state index contributed by atoms with van der Waals surface area (Å²) in [4.78, 5) is 0. The largest absolute Gasteiger partial charge is 0.573 e. The molecule has 0 saturated heterocycles. The monoisotopic (exact) mass is 298 g/mol. The molecule has 0 amide bonds. The summed E-state index contributed by atoms with van der Waals surface area (Å²) in [5.74, 6) is -0.213. The highest BCUT2D eigenvalue weighted by Gasteiger charge is 2.31. The van der Waals surface area contributed by atoms with Gasteiger partial charge in [0.15, 0.2) is 0 Å². The van der Waals surface area contributed by atoms with Gasteiger partial charge in [0, 0.05) is 12.1 Å². The molecule has 1 aromatic carbocycles. The number of rotatable bonds is 4. The van der Waals surface area contributed by atoms with Crippen molar-refractivity contribution in [3.63, 3.8) is 0 Å². The molecular weight excluding hydrogens is 281 g/mol. The summed E-state index contributed by atoms with van der Waals surface area (Å²) in [6.45, 7) is 1.94. The van der Waals surface area contributed by atoms with Crippen molar-refractivity contribution in [1.82, 2.24) is 5.32 Å². The quantitative estimate of drug-likeness (QED) is 0.916. The number of benzene rings is 1. The second-order valence-electron chi connectivity index (χ2n) is 5.28. The van der Waals surface area contributed by atoms with Crippen LogP contribution in [0.25, 0.3) is 0 Å². The van der Waals surface area contributed by atoms with Gasteiger partial charge in [-0.3, -0.25) is 0 Å². The molecule has 0 spiro atoms. The molecule has 3 nitrogen and oxygen atoms in total. The Labute approximate surface area is 121 Å². The Morgan fingerprint density at radius 2 is 1.95 bits per heavy atom. The molecule has 1 aromatic rings. The Hall–Kier alpha value is -1.74. The van der Waals surface area contributed by atoms with E-state index in [1.54, 1.807) is 12.1 Å². The molecule has 1 aliphatic rings. The zero-order chi connectivity index (χ0) is 15.5. The number of nitriles is 1. The number of halogens is 3. The van der Waals surface area contributed by atoms with Crippen LogP contribution in [0, 0.1) is 17.2 Å². The minimum atomic E-state index is -4.67. The Balaban J connectivity index is 1.97. The van der Waals surface area contributed by atoms with Gasteiger partial charge in [0.1, 0.15) is 5.75 Å². The lowest BCUT2D eigenvalue weighted by atomic mass is 10.0. The van der Waals surface area contributed by atoms with Crippen molar-refractivity contribution < 1.29 is 17.9 Å². The fourth-order valence-corrected chi connectivity index (χ4v) is 2.69. The lowest BCUT2D eigenvalue weighted by Crippen LogP contribution is -2.33. The molecule has 1 aliphatic carbocycles. The number of hydrogen-bond acceptors (Lipinski definition) is 3. The number of hydrogen-bond donors (Lipinski definition) is 1. The maximum absolute atomic E-state index is 12.1. The van der Waals surface area contributed by atoms with Crippen LogP contribution < -0.4 is 10.1 Å². The topological polar surface area (TPSA) is 45.0 Å². The van der Waals surface area contributed by atoms with E-state index in [4.69, 9.17) is 5.26 Å². The van der Waals surface area contributed by atoms with Crippen LogP contribution in [0.3, 0.4) is 0 Å². The zero-order valence-corrected chi connectivity index (χ0v) is 11.7. The van der Waals surface area contributed by atoms with E-state index in [9.17, 15) is 13.2 Å². The van der Waals surface area contributed by atoms with Crippen LogP contribution in [0.4, 0.5) is 13.2 Å². The van der Waals surface area contributed by atoms with Crippen molar-refractivity contribution in [3.8, 4) is 11.8 Å². The van der Waals surface area contributed by atoms with Gasteiger partial charge in [-0.15, -0.1) is 13.2 Å². The molecule has 1 fully saturated rings. The SMILES string of the molecule is CC(NC1CCCC1C#N)c1ccc(OC(F)(F)F)cc1. The number of nitrogens with one attached hydrogen (secondary N) is 1. The third kappa shape index (κ3) is 4.36. The first-order chi connectivity index (χ1) is 9.89. The van der Waals surface area contributed by atoms with Gasteiger partial charge in [-0.1, -0.05) is 18.6 Å². The first kappa shape index (κ1) is 15.6. The first-order valence-corrected chi connectivity index (χ1v) is 6.90. The molecule has 0 radical (unpaired) electrons. The fraction of sp³-hybridized carbons (Fsp3) is 0.533. The first-order valence-electron chi connectivity index (χ1n) is 6.90. The van der Waals surface area contributed by atoms with Gasteiger partial charge >= 0.3 is 6.36 Å². The Kier molecular flexibility index (Phi) is 4.73. The smallest absolute Gasteiger partial charge is 0.406 e. The van der Waals surface area contributed by atoms with E-state index in [2.05, 4.69) is 16.1 Å². The summed E-state index contributed by atoms with van der Waals surface area (Å²) in [6, 6.07) is 8.24. The van der Waals surface area contributed by atoms with Gasteiger partial charge in [0.05, 0.1) is 12.0 Å². The van der Waals surface area contributed by atoms with Crippen LogP contribution in [0.15, 0.2) is 24.3 Å². The summed E-state index contributed by atoms with van der Waals surface area (Å²) in [5, 5.41) is 12.4. The molecule has 3 unspecified atom stereocenters. The average molecular weight is 298 g/mol. The predicted octanol–water partition coefficient (Wildman–Crippen LogP) is 3.93. The maximum atomic E-state index is 12.1. The van der Waals surface area contributed by atoms with Gasteiger partial charge in [0.25, 0.3) is 0 Å². The highest BCUT2D eigenvalue weighted by molar-refractivity contribution is 5.29. The zero-order valence-electron chi connectivity index (χ0n) is 11.7. The number of alkyl halides is 3. The van der Waals surface area contributed by atoms with Crippen LogP contribution >= 0.6 is 0 Å². The maximum Gasteiger partial charge on any atom is 0.573 e. The van der Waals surface area contributed by atoms with E-state index in [0.717, 1.165) is 24.8 Å². The lowest BCUT2D eigenvalue weighted by molar-refractivity contribution is -0.274. The summed E-state index contributed by atoms with van der Waals surface area (Å²) in [7, 11) is 0. The van der Waals surface area contributed by atoms with Gasteiger partial charge < -0.3 is 10.1 Å². The third-order valence-corrected chi connectivity index (χ3v) is 3.76. The van der Waals surface area contributed by atoms with Gasteiger partial charge in [-0.05, 0) is 37.5 Å². The minimum absolute atomic E-state index is 0.0142. The summed E-state index contributed by atoms with van der Waals surface area (Å²) >= 11 is 0. The van der Waals surface area contributed by atoms with Gasteiger partial charge in [-0.25, -0.2) is 0 Å². The Bertz CT molecular complexity index is 507. The molecule has 3 atom stereocenters. The summed E-state index contributed by atoms with van der Waals surface area (Å²) < 4.78 is 40.1. The number of ether oxygens (including phenoxy) is 1. The molecule has 0 aliphatic heterocycles. The third-order valence-electron chi connectivity index (χ3n) is 3.76. The van der Waals surface area contributed by atoms with E-state index in [-0.39, 0.29) is 23.8 Å². The molecule has 0 aromatic heterocycles. The molecule has 114 valence electrons. The van der Waals surface area contributed by atoms with Crippen molar-refractivity contribution in [2.24, 2.45) is 5.92 Å². The summed E-state index contributed by atoms with van der Waals surface area (Å²) in [6.07, 6.45) is -1.78. The predicted molar refractivity (Wildman–Crippen MR) is 71.4 cm³/mol. The highest BCUT2D eigenvalue weighted by atomic mass is 19.4. The second-order valence-corrected chi connectivity index (χ2v) is 5.28. The van der Waals surface area contributed by atoms with E-state index < -0.39 is 6.36 Å². The van der Waals surface area contributed by atoms with E-state index in [1.165, 1.54) is 12.1 Å². The number of nitrogens with zero attached hydrogens (tertiary/aromatic N) is 1. The van der Waals surface area contributed by atoms with Crippen molar-refractivity contribution in [2.75, 3.05) is 0 Å². The van der Waals surface area contributed by atoms with E-state index in [1.807, 2.05) is 6.92 Å². The van der Waals surface area contributed by atoms with E-state index >= 15 is 0 Å². The Morgan fingerprint density at radius 3 is 2.52 bits per heavy atom. The molecule has 0 heterocycles.